The van der Waals surface area contributed by atoms with Gasteiger partial charge in [-0.3, -0.25) is 0 Å². The van der Waals surface area contributed by atoms with E-state index < -0.39 is 6.10 Å². The molecular formula is C10H14ClNO. The normalized spacial score (nSPS) is 15.4. The molecule has 0 amide bonds. The number of likely N-dealkylation sites (N-methyl/N-ethyl adjacent to an activating group) is 1. The third-order valence-corrected chi connectivity index (χ3v) is 2.35. The molecule has 1 rings (SSSR count). The lowest BCUT2D eigenvalue weighted by atomic mass is 10.0. The predicted molar refractivity (Wildman–Crippen MR) is 54.9 cm³/mol. The Morgan fingerprint density at radius 3 is 2.69 bits per heavy atom. The highest BCUT2D eigenvalue weighted by Crippen LogP contribution is 2.19. The topological polar surface area (TPSA) is 32.3 Å². The maximum absolute atomic E-state index is 9.79. The van der Waals surface area contributed by atoms with Gasteiger partial charge < -0.3 is 10.4 Å². The van der Waals surface area contributed by atoms with Crippen LogP contribution in [0.25, 0.3) is 0 Å². The minimum atomic E-state index is -0.510. The van der Waals surface area contributed by atoms with Crippen LogP contribution in [-0.2, 0) is 0 Å². The van der Waals surface area contributed by atoms with Gasteiger partial charge in [-0.15, -0.1) is 0 Å². The first-order chi connectivity index (χ1) is 6.15. The van der Waals surface area contributed by atoms with Gasteiger partial charge in [0.1, 0.15) is 0 Å². The van der Waals surface area contributed by atoms with Crippen molar-refractivity contribution in [2.45, 2.75) is 19.1 Å². The van der Waals surface area contributed by atoms with Crippen LogP contribution in [0.1, 0.15) is 18.6 Å². The first-order valence-electron chi connectivity index (χ1n) is 4.26. The van der Waals surface area contributed by atoms with E-state index in [1.54, 1.807) is 12.1 Å². The van der Waals surface area contributed by atoms with E-state index in [9.17, 15) is 5.11 Å². The predicted octanol–water partition coefficient (Wildman–Crippen LogP) is 1.98. The number of nitrogens with one attached hydrogen (secondary N) is 1. The maximum Gasteiger partial charge on any atom is 0.0940 e. The second kappa shape index (κ2) is 4.61. The van der Waals surface area contributed by atoms with E-state index in [0.717, 1.165) is 5.56 Å². The summed E-state index contributed by atoms with van der Waals surface area (Å²) in [6.07, 6.45) is -0.510. The fraction of sp³-hybridized carbons (Fsp3) is 0.400. The lowest BCUT2D eigenvalue weighted by Gasteiger charge is -2.18. The van der Waals surface area contributed by atoms with Gasteiger partial charge in [0.2, 0.25) is 0 Å². The molecule has 13 heavy (non-hydrogen) atoms. The Bertz CT molecular complexity index is 277. The van der Waals surface area contributed by atoms with Crippen LogP contribution in [0.3, 0.4) is 0 Å². The van der Waals surface area contributed by atoms with Crippen LogP contribution in [0.4, 0.5) is 0 Å². The lowest BCUT2D eigenvalue weighted by Crippen LogP contribution is -2.28. The van der Waals surface area contributed by atoms with E-state index in [4.69, 9.17) is 11.6 Å². The van der Waals surface area contributed by atoms with E-state index in [1.807, 2.05) is 26.1 Å². The van der Waals surface area contributed by atoms with Gasteiger partial charge in [-0.05, 0) is 31.7 Å². The van der Waals surface area contributed by atoms with Crippen molar-refractivity contribution in [3.05, 3.63) is 34.9 Å². The molecule has 0 saturated heterocycles. The Morgan fingerprint density at radius 1 is 1.46 bits per heavy atom. The molecule has 0 aliphatic rings. The summed E-state index contributed by atoms with van der Waals surface area (Å²) in [6, 6.07) is 7.30. The monoisotopic (exact) mass is 199 g/mol. The SMILES string of the molecule is CNC(C)C(O)c1cccc(Cl)c1. The van der Waals surface area contributed by atoms with Crippen molar-refractivity contribution in [3.63, 3.8) is 0 Å². The van der Waals surface area contributed by atoms with Crippen molar-refractivity contribution in [2.75, 3.05) is 7.05 Å². The number of benzene rings is 1. The van der Waals surface area contributed by atoms with Gasteiger partial charge in [0.25, 0.3) is 0 Å². The van der Waals surface area contributed by atoms with Crippen LogP contribution in [-0.4, -0.2) is 18.2 Å². The molecule has 2 unspecified atom stereocenters. The third kappa shape index (κ3) is 2.69. The zero-order valence-corrected chi connectivity index (χ0v) is 8.55. The van der Waals surface area contributed by atoms with E-state index in [-0.39, 0.29) is 6.04 Å². The van der Waals surface area contributed by atoms with Crippen molar-refractivity contribution in [3.8, 4) is 0 Å². The zero-order valence-electron chi connectivity index (χ0n) is 7.79. The highest BCUT2D eigenvalue weighted by molar-refractivity contribution is 6.30. The Hall–Kier alpha value is -0.570. The van der Waals surface area contributed by atoms with Gasteiger partial charge in [0, 0.05) is 11.1 Å². The number of hydrogen-bond donors (Lipinski definition) is 2. The Labute approximate surface area is 83.5 Å². The van der Waals surface area contributed by atoms with Gasteiger partial charge in [-0.2, -0.15) is 0 Å². The van der Waals surface area contributed by atoms with Crippen LogP contribution in [0.15, 0.2) is 24.3 Å². The third-order valence-electron chi connectivity index (χ3n) is 2.12. The minimum Gasteiger partial charge on any atom is -0.387 e. The van der Waals surface area contributed by atoms with E-state index in [0.29, 0.717) is 5.02 Å². The molecule has 1 aromatic carbocycles. The van der Waals surface area contributed by atoms with Crippen molar-refractivity contribution in [1.29, 1.82) is 0 Å². The summed E-state index contributed by atoms with van der Waals surface area (Å²) >= 11 is 5.81. The first-order valence-corrected chi connectivity index (χ1v) is 4.63. The summed E-state index contributed by atoms with van der Waals surface area (Å²) in [4.78, 5) is 0. The molecule has 0 aromatic heterocycles. The standard InChI is InChI=1S/C10H14ClNO/c1-7(12-2)10(13)8-4-3-5-9(11)6-8/h3-7,10,12-13H,1-2H3. The molecule has 2 atom stereocenters. The fourth-order valence-corrected chi connectivity index (χ4v) is 1.34. The highest BCUT2D eigenvalue weighted by Gasteiger charge is 2.13. The van der Waals surface area contributed by atoms with Crippen LogP contribution in [0, 0.1) is 0 Å². The van der Waals surface area contributed by atoms with Gasteiger partial charge >= 0.3 is 0 Å². The van der Waals surface area contributed by atoms with Crippen LogP contribution in [0.5, 0.6) is 0 Å². The van der Waals surface area contributed by atoms with Crippen molar-refractivity contribution < 1.29 is 5.11 Å². The first kappa shape index (κ1) is 10.5. The molecule has 2 nitrogen and oxygen atoms in total. The summed E-state index contributed by atoms with van der Waals surface area (Å²) in [5.74, 6) is 0. The second-order valence-corrected chi connectivity index (χ2v) is 3.51. The molecule has 72 valence electrons. The quantitative estimate of drug-likeness (QED) is 0.781. The van der Waals surface area contributed by atoms with E-state index in [2.05, 4.69) is 5.32 Å². The fourth-order valence-electron chi connectivity index (χ4n) is 1.14. The molecule has 0 saturated carbocycles. The van der Waals surface area contributed by atoms with Crippen molar-refractivity contribution >= 4 is 11.6 Å². The number of aliphatic hydroxyl groups excluding tert-OH is 1. The Kier molecular flexibility index (Phi) is 3.72. The average Bonchev–Trinajstić information content (AvgIpc) is 2.15. The van der Waals surface area contributed by atoms with Gasteiger partial charge in [-0.1, -0.05) is 23.7 Å². The molecule has 0 radical (unpaired) electrons. The van der Waals surface area contributed by atoms with E-state index in [1.165, 1.54) is 0 Å². The zero-order chi connectivity index (χ0) is 9.84. The van der Waals surface area contributed by atoms with Crippen LogP contribution in [0.2, 0.25) is 5.02 Å². The molecule has 0 aliphatic carbocycles. The summed E-state index contributed by atoms with van der Waals surface area (Å²) in [5, 5.41) is 13.4. The molecule has 0 aliphatic heterocycles. The Morgan fingerprint density at radius 2 is 2.15 bits per heavy atom. The molecule has 2 N–H and O–H groups in total. The Balaban J connectivity index is 2.82. The minimum absolute atomic E-state index is 0.0264. The summed E-state index contributed by atoms with van der Waals surface area (Å²) < 4.78 is 0. The van der Waals surface area contributed by atoms with Crippen molar-refractivity contribution in [1.82, 2.24) is 5.32 Å². The van der Waals surface area contributed by atoms with Gasteiger partial charge in [0.15, 0.2) is 0 Å². The average molecular weight is 200 g/mol. The molecule has 1 aromatic rings. The summed E-state index contributed by atoms with van der Waals surface area (Å²) in [7, 11) is 1.82. The number of aliphatic hydroxyl groups is 1. The van der Waals surface area contributed by atoms with Crippen molar-refractivity contribution in [2.24, 2.45) is 0 Å². The highest BCUT2D eigenvalue weighted by atomic mass is 35.5. The summed E-state index contributed by atoms with van der Waals surface area (Å²) in [6.45, 7) is 1.92. The van der Waals surface area contributed by atoms with Crippen LogP contribution < -0.4 is 5.32 Å². The molecule has 3 heteroatoms. The number of halogens is 1. The van der Waals surface area contributed by atoms with Crippen LogP contribution >= 0.6 is 11.6 Å². The summed E-state index contributed by atoms with van der Waals surface area (Å²) in [5.41, 5.74) is 0.842. The largest absolute Gasteiger partial charge is 0.387 e. The molecule has 0 spiro atoms. The lowest BCUT2D eigenvalue weighted by molar-refractivity contribution is 0.140. The number of hydrogen-bond acceptors (Lipinski definition) is 2. The molecular weight excluding hydrogens is 186 g/mol. The maximum atomic E-state index is 9.79. The van der Waals surface area contributed by atoms with E-state index >= 15 is 0 Å². The second-order valence-electron chi connectivity index (χ2n) is 3.08. The number of rotatable bonds is 3. The molecule has 0 fully saturated rings. The smallest absolute Gasteiger partial charge is 0.0940 e. The molecule has 0 heterocycles. The van der Waals surface area contributed by atoms with Gasteiger partial charge in [0.05, 0.1) is 6.10 Å². The van der Waals surface area contributed by atoms with Gasteiger partial charge in [-0.25, -0.2) is 0 Å². The molecule has 0 bridgehead atoms.